The lowest BCUT2D eigenvalue weighted by atomic mass is 10.4. The molecule has 0 bridgehead atoms. The van der Waals surface area contributed by atoms with Crippen LogP contribution in [0.3, 0.4) is 0 Å². The first-order chi connectivity index (χ1) is 4.57. The maximum atomic E-state index is 10.7. The highest BCUT2D eigenvalue weighted by molar-refractivity contribution is 5.82. The van der Waals surface area contributed by atoms with Crippen molar-refractivity contribution < 1.29 is 14.3 Å². The van der Waals surface area contributed by atoms with E-state index in [2.05, 4.69) is 10.1 Å². The van der Waals surface area contributed by atoms with Crippen LogP contribution in [-0.4, -0.2) is 25.0 Å². The molecule has 0 saturated heterocycles. The number of carbonyl (C=O) groups excluding carboxylic acids is 2. The van der Waals surface area contributed by atoms with Gasteiger partial charge in [0.05, 0.1) is 0 Å². The van der Waals surface area contributed by atoms with Crippen LogP contribution in [0.4, 0.5) is 0 Å². The predicted octanol–water partition coefficient (Wildman–Crippen LogP) is -0.316. The summed E-state index contributed by atoms with van der Waals surface area (Å²) in [7, 11) is 1.49. The number of nitrogens with one attached hydrogen (secondary N) is 1. The van der Waals surface area contributed by atoms with Crippen LogP contribution in [0.2, 0.25) is 0 Å². The molecular weight excluding hydrogens is 134 g/mol. The van der Waals surface area contributed by atoms with Gasteiger partial charge in [0, 0.05) is 14.0 Å². The molecule has 4 nitrogen and oxygen atoms in total. The number of rotatable bonds is 2. The molecule has 0 aliphatic carbocycles. The lowest BCUT2D eigenvalue weighted by Gasteiger charge is -2.08. The maximum Gasteiger partial charge on any atom is 0.303 e. The van der Waals surface area contributed by atoms with E-state index in [1.54, 1.807) is 0 Å². The molecule has 0 heterocycles. The van der Waals surface area contributed by atoms with Crippen LogP contribution in [0.1, 0.15) is 13.8 Å². The van der Waals surface area contributed by atoms with Crippen molar-refractivity contribution in [2.24, 2.45) is 0 Å². The van der Waals surface area contributed by atoms with Gasteiger partial charge in [-0.1, -0.05) is 0 Å². The number of hydrogen-bond donors (Lipinski definition) is 1. The summed E-state index contributed by atoms with van der Waals surface area (Å²) < 4.78 is 4.55. The summed E-state index contributed by atoms with van der Waals surface area (Å²) in [5.74, 6) is -0.744. The summed E-state index contributed by atoms with van der Waals surface area (Å²) in [6.07, 6.45) is -0.692. The Morgan fingerprint density at radius 1 is 1.50 bits per heavy atom. The topological polar surface area (TPSA) is 55.4 Å². The van der Waals surface area contributed by atoms with Gasteiger partial charge < -0.3 is 10.1 Å². The monoisotopic (exact) mass is 145 g/mol. The van der Waals surface area contributed by atoms with Gasteiger partial charge in [-0.2, -0.15) is 0 Å². The van der Waals surface area contributed by atoms with Gasteiger partial charge in [0.2, 0.25) is 0 Å². The molecule has 1 atom stereocenters. The highest BCUT2D eigenvalue weighted by Crippen LogP contribution is 1.89. The Balaban J connectivity index is 3.72. The summed E-state index contributed by atoms with van der Waals surface area (Å²) in [5.41, 5.74) is 0. The third-order valence-electron chi connectivity index (χ3n) is 0.958. The number of hydrogen-bond acceptors (Lipinski definition) is 3. The quantitative estimate of drug-likeness (QED) is 0.542. The normalized spacial score (nSPS) is 11.9. The second-order valence-electron chi connectivity index (χ2n) is 1.87. The highest BCUT2D eigenvalue weighted by atomic mass is 16.5. The van der Waals surface area contributed by atoms with Gasteiger partial charge in [0.1, 0.15) is 0 Å². The van der Waals surface area contributed by atoms with Crippen LogP contribution in [0.25, 0.3) is 0 Å². The fraction of sp³-hybridized carbons (Fsp3) is 0.667. The number of likely N-dealkylation sites (N-methyl/N-ethyl adjacent to an activating group) is 1. The Labute approximate surface area is 59.6 Å². The van der Waals surface area contributed by atoms with Crippen LogP contribution in [-0.2, 0) is 14.3 Å². The zero-order chi connectivity index (χ0) is 8.15. The summed E-state index contributed by atoms with van der Waals surface area (Å²) in [6, 6.07) is 0. The van der Waals surface area contributed by atoms with Gasteiger partial charge in [-0.3, -0.25) is 9.59 Å². The minimum absolute atomic E-state index is 0.296. The van der Waals surface area contributed by atoms with E-state index >= 15 is 0 Å². The van der Waals surface area contributed by atoms with Gasteiger partial charge >= 0.3 is 5.97 Å². The summed E-state index contributed by atoms with van der Waals surface area (Å²) >= 11 is 0. The fourth-order valence-corrected chi connectivity index (χ4v) is 0.506. The van der Waals surface area contributed by atoms with Crippen molar-refractivity contribution in [1.82, 2.24) is 5.32 Å². The molecule has 0 aromatic rings. The van der Waals surface area contributed by atoms with Crippen molar-refractivity contribution in [3.63, 3.8) is 0 Å². The highest BCUT2D eigenvalue weighted by Gasteiger charge is 2.12. The van der Waals surface area contributed by atoms with Crippen LogP contribution >= 0.6 is 0 Å². The van der Waals surface area contributed by atoms with Gasteiger partial charge in [0.25, 0.3) is 5.91 Å². The number of esters is 1. The van der Waals surface area contributed by atoms with E-state index in [9.17, 15) is 9.59 Å². The van der Waals surface area contributed by atoms with Crippen molar-refractivity contribution in [2.75, 3.05) is 7.05 Å². The van der Waals surface area contributed by atoms with Crippen LogP contribution < -0.4 is 5.32 Å². The van der Waals surface area contributed by atoms with Crippen molar-refractivity contribution in [3.8, 4) is 0 Å². The van der Waals surface area contributed by atoms with E-state index in [0.29, 0.717) is 0 Å². The number of carbonyl (C=O) groups is 2. The van der Waals surface area contributed by atoms with E-state index in [-0.39, 0.29) is 5.91 Å². The SMILES string of the molecule is CNC(=O)[C@@H](C)OC(C)=O. The lowest BCUT2D eigenvalue weighted by molar-refractivity contribution is -0.152. The third-order valence-corrected chi connectivity index (χ3v) is 0.958. The van der Waals surface area contributed by atoms with E-state index < -0.39 is 12.1 Å². The van der Waals surface area contributed by atoms with Gasteiger partial charge in [-0.15, -0.1) is 0 Å². The molecule has 0 aromatic heterocycles. The average Bonchev–Trinajstić information content (AvgIpc) is 1.85. The van der Waals surface area contributed by atoms with Crippen molar-refractivity contribution in [1.29, 1.82) is 0 Å². The molecule has 0 aromatic carbocycles. The Kier molecular flexibility index (Phi) is 3.46. The van der Waals surface area contributed by atoms with Crippen molar-refractivity contribution >= 4 is 11.9 Å². The standard InChI is InChI=1S/C6H11NO3/c1-4(6(9)7-3)10-5(2)8/h4H,1-3H3,(H,7,9)/t4-/m1/s1. The molecule has 4 heteroatoms. The molecule has 1 N–H and O–H groups in total. The second kappa shape index (κ2) is 3.87. The first-order valence-corrected chi connectivity index (χ1v) is 2.96. The average molecular weight is 145 g/mol. The lowest BCUT2D eigenvalue weighted by Crippen LogP contribution is -2.32. The summed E-state index contributed by atoms with van der Waals surface area (Å²) in [5, 5.41) is 2.35. The first-order valence-electron chi connectivity index (χ1n) is 2.96. The third kappa shape index (κ3) is 3.06. The molecule has 0 spiro atoms. The van der Waals surface area contributed by atoms with E-state index in [1.165, 1.54) is 20.9 Å². The molecule has 0 saturated carbocycles. The molecule has 10 heavy (non-hydrogen) atoms. The smallest absolute Gasteiger partial charge is 0.303 e. The molecule has 0 aliphatic rings. The fourth-order valence-electron chi connectivity index (χ4n) is 0.506. The van der Waals surface area contributed by atoms with Crippen LogP contribution in [0.15, 0.2) is 0 Å². The number of amides is 1. The Bertz CT molecular complexity index is 144. The summed E-state index contributed by atoms with van der Waals surface area (Å²) in [4.78, 5) is 20.9. The minimum Gasteiger partial charge on any atom is -0.453 e. The predicted molar refractivity (Wildman–Crippen MR) is 35.3 cm³/mol. The Morgan fingerprint density at radius 3 is 2.30 bits per heavy atom. The molecule has 58 valence electrons. The zero-order valence-corrected chi connectivity index (χ0v) is 6.30. The molecule has 0 aliphatic heterocycles. The molecule has 0 fully saturated rings. The van der Waals surface area contributed by atoms with E-state index in [4.69, 9.17) is 0 Å². The van der Waals surface area contributed by atoms with Gasteiger partial charge in [-0.05, 0) is 6.92 Å². The Morgan fingerprint density at radius 2 is 2.00 bits per heavy atom. The van der Waals surface area contributed by atoms with E-state index in [0.717, 1.165) is 0 Å². The van der Waals surface area contributed by atoms with Crippen molar-refractivity contribution in [2.45, 2.75) is 20.0 Å². The molecule has 1 amide bonds. The van der Waals surface area contributed by atoms with Crippen LogP contribution in [0, 0.1) is 0 Å². The van der Waals surface area contributed by atoms with Crippen molar-refractivity contribution in [3.05, 3.63) is 0 Å². The maximum absolute atomic E-state index is 10.7. The molecule has 0 unspecified atom stereocenters. The Hall–Kier alpha value is -1.06. The largest absolute Gasteiger partial charge is 0.453 e. The van der Waals surface area contributed by atoms with Gasteiger partial charge in [-0.25, -0.2) is 0 Å². The zero-order valence-electron chi connectivity index (χ0n) is 6.30. The van der Waals surface area contributed by atoms with E-state index in [1.807, 2.05) is 0 Å². The summed E-state index contributed by atoms with van der Waals surface area (Å²) in [6.45, 7) is 2.78. The minimum atomic E-state index is -0.692. The molecule has 0 rings (SSSR count). The first kappa shape index (κ1) is 8.94. The second-order valence-corrected chi connectivity index (χ2v) is 1.87. The molecular formula is C6H11NO3. The number of ether oxygens (including phenoxy) is 1. The van der Waals surface area contributed by atoms with Crippen LogP contribution in [0.5, 0.6) is 0 Å². The molecule has 0 radical (unpaired) electrons. The van der Waals surface area contributed by atoms with Gasteiger partial charge in [0.15, 0.2) is 6.10 Å².